The highest BCUT2D eigenvalue weighted by Gasteiger charge is 2.34. The van der Waals surface area contributed by atoms with E-state index in [0.29, 0.717) is 27.6 Å². The normalized spacial score (nSPS) is 13.5. The summed E-state index contributed by atoms with van der Waals surface area (Å²) in [5.41, 5.74) is 1.53. The van der Waals surface area contributed by atoms with Gasteiger partial charge in [-0.05, 0) is 35.5 Å². The van der Waals surface area contributed by atoms with E-state index in [9.17, 15) is 14.5 Å². The van der Waals surface area contributed by atoms with E-state index < -0.39 is 11.8 Å². The highest BCUT2D eigenvalue weighted by Crippen LogP contribution is 2.36. The van der Waals surface area contributed by atoms with E-state index in [2.05, 4.69) is 5.18 Å². The molecule has 23 heavy (non-hydrogen) atoms. The van der Waals surface area contributed by atoms with E-state index in [1.165, 1.54) is 6.07 Å². The second-order valence-corrected chi connectivity index (χ2v) is 5.23. The van der Waals surface area contributed by atoms with Gasteiger partial charge in [-0.15, -0.1) is 4.91 Å². The molecule has 0 saturated carbocycles. The number of benzene rings is 3. The predicted molar refractivity (Wildman–Crippen MR) is 87.0 cm³/mol. The summed E-state index contributed by atoms with van der Waals surface area (Å²) >= 11 is 0. The number of amides is 2. The van der Waals surface area contributed by atoms with Crippen molar-refractivity contribution >= 4 is 34.0 Å². The molecule has 0 atom stereocenters. The first-order valence-corrected chi connectivity index (χ1v) is 7.05. The van der Waals surface area contributed by atoms with Gasteiger partial charge < -0.3 is 0 Å². The molecule has 1 aliphatic heterocycles. The van der Waals surface area contributed by atoms with Gasteiger partial charge in [0.2, 0.25) is 0 Å². The molecule has 0 aromatic heterocycles. The molecule has 1 heterocycles. The Morgan fingerprint density at radius 2 is 1.43 bits per heavy atom. The molecular formula is C18H10N2O3. The lowest BCUT2D eigenvalue weighted by Gasteiger charge is -2.27. The Kier molecular flexibility index (Phi) is 2.81. The van der Waals surface area contributed by atoms with Gasteiger partial charge in [0.25, 0.3) is 11.8 Å². The Hall–Kier alpha value is -3.34. The van der Waals surface area contributed by atoms with E-state index in [4.69, 9.17) is 0 Å². The number of nitroso groups, excluding NO2 is 1. The number of para-hydroxylation sites is 1. The van der Waals surface area contributed by atoms with Gasteiger partial charge in [0.05, 0.1) is 5.69 Å². The maximum Gasteiger partial charge on any atom is 0.265 e. The van der Waals surface area contributed by atoms with Crippen LogP contribution in [0, 0.1) is 4.91 Å². The van der Waals surface area contributed by atoms with Gasteiger partial charge in [-0.2, -0.15) is 0 Å². The molecule has 5 nitrogen and oxygen atoms in total. The lowest BCUT2D eigenvalue weighted by atomic mass is 9.93. The van der Waals surface area contributed by atoms with Crippen LogP contribution >= 0.6 is 0 Å². The quantitative estimate of drug-likeness (QED) is 0.530. The van der Waals surface area contributed by atoms with Gasteiger partial charge in [-0.1, -0.05) is 30.3 Å². The van der Waals surface area contributed by atoms with Gasteiger partial charge in [-0.25, -0.2) is 4.90 Å². The molecule has 0 aliphatic carbocycles. The molecule has 4 rings (SSSR count). The van der Waals surface area contributed by atoms with Crippen molar-refractivity contribution in [3.8, 4) is 0 Å². The Morgan fingerprint density at radius 3 is 2.13 bits per heavy atom. The Labute approximate surface area is 131 Å². The first-order valence-electron chi connectivity index (χ1n) is 7.05. The fourth-order valence-electron chi connectivity index (χ4n) is 2.97. The van der Waals surface area contributed by atoms with Crippen LogP contribution in [0.15, 0.2) is 65.8 Å². The SMILES string of the molecule is O=Nc1ccc2c3c(cccc13)C(=O)N(c1ccccc1)C2=O. The summed E-state index contributed by atoms with van der Waals surface area (Å²) in [6.45, 7) is 0. The first kappa shape index (κ1) is 13.3. The van der Waals surface area contributed by atoms with Crippen LogP contribution in [0.25, 0.3) is 10.8 Å². The fourth-order valence-corrected chi connectivity index (χ4v) is 2.97. The number of rotatable bonds is 2. The Morgan fingerprint density at radius 1 is 0.739 bits per heavy atom. The van der Waals surface area contributed by atoms with E-state index in [1.54, 1.807) is 48.5 Å². The third-order valence-electron chi connectivity index (χ3n) is 4.00. The molecule has 0 fully saturated rings. The van der Waals surface area contributed by atoms with E-state index in [0.717, 1.165) is 4.90 Å². The van der Waals surface area contributed by atoms with Crippen LogP contribution in [0.4, 0.5) is 11.4 Å². The molecular weight excluding hydrogens is 292 g/mol. The summed E-state index contributed by atoms with van der Waals surface area (Å²) in [5.74, 6) is -0.801. The van der Waals surface area contributed by atoms with Crippen LogP contribution in [-0.4, -0.2) is 11.8 Å². The van der Waals surface area contributed by atoms with Crippen molar-refractivity contribution in [3.05, 3.63) is 76.7 Å². The standard InChI is InChI=1S/C18H10N2O3/c21-17-13-8-4-7-12-15(19-23)10-9-14(16(12)13)18(22)20(17)11-5-2-1-3-6-11/h1-10H. The monoisotopic (exact) mass is 302 g/mol. The summed E-state index contributed by atoms with van der Waals surface area (Å²) in [5, 5.41) is 3.99. The zero-order valence-electron chi connectivity index (χ0n) is 11.9. The fraction of sp³-hybridized carbons (Fsp3) is 0. The molecule has 1 aliphatic rings. The van der Waals surface area contributed by atoms with Crippen LogP contribution in [0.2, 0.25) is 0 Å². The number of imide groups is 1. The van der Waals surface area contributed by atoms with Crippen LogP contribution in [0.1, 0.15) is 20.7 Å². The van der Waals surface area contributed by atoms with Crippen molar-refractivity contribution in [2.45, 2.75) is 0 Å². The van der Waals surface area contributed by atoms with Gasteiger partial charge in [0.15, 0.2) is 0 Å². The van der Waals surface area contributed by atoms with Crippen LogP contribution < -0.4 is 4.90 Å². The molecule has 2 amide bonds. The molecule has 3 aromatic rings. The number of nitrogens with zero attached hydrogens (tertiary/aromatic N) is 2. The van der Waals surface area contributed by atoms with Gasteiger partial charge in [-0.3, -0.25) is 9.59 Å². The smallest absolute Gasteiger partial charge is 0.265 e. The molecule has 0 bridgehead atoms. The maximum atomic E-state index is 12.8. The minimum Gasteiger partial charge on any atom is -0.268 e. The summed E-state index contributed by atoms with van der Waals surface area (Å²) in [7, 11) is 0. The number of carbonyl (C=O) groups excluding carboxylic acids is 2. The zero-order valence-corrected chi connectivity index (χ0v) is 11.9. The minimum absolute atomic E-state index is 0.222. The summed E-state index contributed by atoms with van der Waals surface area (Å²) < 4.78 is 0. The third-order valence-corrected chi connectivity index (χ3v) is 4.00. The lowest BCUT2D eigenvalue weighted by molar-refractivity contribution is 0.0893. The highest BCUT2D eigenvalue weighted by molar-refractivity contribution is 6.36. The van der Waals surface area contributed by atoms with E-state index >= 15 is 0 Å². The first-order chi connectivity index (χ1) is 11.2. The maximum absolute atomic E-state index is 12.8. The second kappa shape index (κ2) is 4.84. The average molecular weight is 302 g/mol. The number of hydrogen-bond donors (Lipinski definition) is 0. The van der Waals surface area contributed by atoms with Crippen LogP contribution in [0.3, 0.4) is 0 Å². The summed E-state index contributed by atoms with van der Waals surface area (Å²) in [4.78, 5) is 37.7. The van der Waals surface area contributed by atoms with Crippen molar-refractivity contribution in [1.82, 2.24) is 0 Å². The minimum atomic E-state index is -0.401. The topological polar surface area (TPSA) is 66.8 Å². The van der Waals surface area contributed by atoms with E-state index in [1.807, 2.05) is 6.07 Å². The van der Waals surface area contributed by atoms with Crippen molar-refractivity contribution in [3.63, 3.8) is 0 Å². The Bertz CT molecular complexity index is 958. The lowest BCUT2D eigenvalue weighted by Crippen LogP contribution is -2.40. The van der Waals surface area contributed by atoms with E-state index in [-0.39, 0.29) is 5.69 Å². The molecule has 0 spiro atoms. The van der Waals surface area contributed by atoms with Crippen molar-refractivity contribution in [2.75, 3.05) is 4.90 Å². The molecule has 0 radical (unpaired) electrons. The number of hydrogen-bond acceptors (Lipinski definition) is 4. The van der Waals surface area contributed by atoms with Gasteiger partial charge >= 0.3 is 0 Å². The molecule has 3 aromatic carbocycles. The highest BCUT2D eigenvalue weighted by atomic mass is 16.3. The molecule has 5 heteroatoms. The van der Waals surface area contributed by atoms with Crippen molar-refractivity contribution in [1.29, 1.82) is 0 Å². The predicted octanol–water partition coefficient (Wildman–Crippen LogP) is 4.04. The molecule has 110 valence electrons. The van der Waals surface area contributed by atoms with Crippen LogP contribution in [0.5, 0.6) is 0 Å². The van der Waals surface area contributed by atoms with Crippen molar-refractivity contribution in [2.24, 2.45) is 5.18 Å². The van der Waals surface area contributed by atoms with Gasteiger partial charge in [0, 0.05) is 21.9 Å². The zero-order chi connectivity index (χ0) is 16.0. The van der Waals surface area contributed by atoms with Crippen LogP contribution in [-0.2, 0) is 0 Å². The summed E-state index contributed by atoms with van der Waals surface area (Å²) in [6.07, 6.45) is 0. The number of anilines is 1. The third kappa shape index (κ3) is 1.80. The average Bonchev–Trinajstić information content (AvgIpc) is 2.60. The largest absolute Gasteiger partial charge is 0.268 e. The molecule has 0 N–H and O–H groups in total. The summed E-state index contributed by atoms with van der Waals surface area (Å²) in [6, 6.07) is 16.9. The molecule has 0 saturated heterocycles. The Balaban J connectivity index is 2.03. The van der Waals surface area contributed by atoms with Gasteiger partial charge in [0.1, 0.15) is 5.69 Å². The second-order valence-electron chi connectivity index (χ2n) is 5.23. The number of carbonyl (C=O) groups is 2. The van der Waals surface area contributed by atoms with Crippen molar-refractivity contribution < 1.29 is 9.59 Å². The molecule has 0 unspecified atom stereocenters.